The number of aromatic nitrogens is 3. The van der Waals surface area contributed by atoms with Gasteiger partial charge in [-0.3, -0.25) is 0 Å². The van der Waals surface area contributed by atoms with E-state index in [1.807, 2.05) is 37.4 Å². The van der Waals surface area contributed by atoms with Gasteiger partial charge in [0.1, 0.15) is 0 Å². The molecule has 0 aliphatic heterocycles. The molecule has 2 aromatic carbocycles. The molecule has 1 radical (unpaired) electrons. The van der Waals surface area contributed by atoms with Crippen LogP contribution >= 0.6 is 0 Å². The summed E-state index contributed by atoms with van der Waals surface area (Å²) in [7, 11) is 0. The molecule has 0 amide bonds. The van der Waals surface area contributed by atoms with Crippen LogP contribution in [0, 0.1) is 30.4 Å². The first-order valence-electron chi connectivity index (χ1n) is 19.5. The maximum atomic E-state index is 6.16. The molecule has 1 fully saturated rings. The van der Waals surface area contributed by atoms with Crippen molar-refractivity contribution in [2.45, 2.75) is 123 Å². The molecular formula is C48H59GeIrN3O-2. The van der Waals surface area contributed by atoms with Crippen LogP contribution in [0.1, 0.15) is 103 Å². The second-order valence-electron chi connectivity index (χ2n) is 19.1. The van der Waals surface area contributed by atoms with Gasteiger partial charge < -0.3 is 9.40 Å². The summed E-state index contributed by atoms with van der Waals surface area (Å²) in [6.07, 6.45) is 10.5. The molecule has 0 N–H and O–H groups in total. The van der Waals surface area contributed by atoms with Gasteiger partial charge in [0.05, 0.1) is 5.58 Å². The fourth-order valence-electron chi connectivity index (χ4n) is 7.87. The number of aryl methyl sites for hydroxylation is 1. The zero-order valence-electron chi connectivity index (χ0n) is 34.6. The topological polar surface area (TPSA) is 51.8 Å². The van der Waals surface area contributed by atoms with Crippen molar-refractivity contribution in [3.8, 4) is 22.5 Å². The molecule has 1 aliphatic rings. The molecule has 1 saturated carbocycles. The first-order valence-corrected chi connectivity index (χ1v) is 26.8. The second-order valence-corrected chi connectivity index (χ2v) is 29.7. The molecule has 54 heavy (non-hydrogen) atoms. The van der Waals surface area contributed by atoms with Crippen LogP contribution in [0.3, 0.4) is 0 Å². The molecule has 4 aromatic heterocycles. The van der Waals surface area contributed by atoms with E-state index in [4.69, 9.17) is 9.40 Å². The van der Waals surface area contributed by atoms with Gasteiger partial charge in [-0.1, -0.05) is 43.7 Å². The summed E-state index contributed by atoms with van der Waals surface area (Å²) in [6.45, 7) is 20.4. The smallest absolute Gasteiger partial charge is 0.216 e. The molecule has 6 aromatic rings. The number of rotatable bonds is 6. The minimum Gasteiger partial charge on any atom is -0.486 e. The van der Waals surface area contributed by atoms with Gasteiger partial charge in [0.25, 0.3) is 0 Å². The average Bonchev–Trinajstić information content (AvgIpc) is 3.76. The third-order valence-corrected chi connectivity index (χ3v) is 15.4. The van der Waals surface area contributed by atoms with E-state index in [-0.39, 0.29) is 36.4 Å². The third-order valence-electron chi connectivity index (χ3n) is 11.0. The van der Waals surface area contributed by atoms with E-state index < -0.39 is 13.3 Å². The fraction of sp³-hybridized carbons (Fsp3) is 0.438. The van der Waals surface area contributed by atoms with Gasteiger partial charge in [-0.25, -0.2) is 4.98 Å². The van der Waals surface area contributed by atoms with Crippen molar-refractivity contribution >= 4 is 39.7 Å². The normalized spacial score (nSPS) is 14.2. The molecule has 287 valence electrons. The van der Waals surface area contributed by atoms with Crippen molar-refractivity contribution < 1.29 is 24.5 Å². The van der Waals surface area contributed by atoms with Gasteiger partial charge in [-0.05, 0) is 60.6 Å². The monoisotopic (exact) mass is 960 g/mol. The molecule has 0 unspecified atom stereocenters. The maximum Gasteiger partial charge on any atom is 0.216 e. The number of furan rings is 1. The van der Waals surface area contributed by atoms with Crippen LogP contribution in [-0.4, -0.2) is 28.2 Å². The van der Waals surface area contributed by atoms with Gasteiger partial charge in [0.2, 0.25) is 5.71 Å². The summed E-state index contributed by atoms with van der Waals surface area (Å²) in [4.78, 5) is 14.1. The molecule has 0 spiro atoms. The van der Waals surface area contributed by atoms with Crippen LogP contribution in [-0.2, 0) is 37.4 Å². The number of nitrogens with zero attached hydrogens (tertiary/aromatic N) is 3. The van der Waals surface area contributed by atoms with Crippen molar-refractivity contribution in [2.75, 3.05) is 0 Å². The SMILES string of the molecule is CC(C)(C)Cc1cc(-c2[c-]ccc(C(C)(C)C)c2)nc[c]1[Ge]([CH3])([CH3])[CH3].Cc1ccc2c(n1)oc1c(-c3cc(C(C)(C)C4CCCC4)ccn3)[c-]ccc12.[Ir]. The van der Waals surface area contributed by atoms with Gasteiger partial charge >= 0.3 is 158 Å². The Balaban J connectivity index is 0.000000206. The Morgan fingerprint density at radius 2 is 1.48 bits per heavy atom. The van der Waals surface area contributed by atoms with E-state index in [0.29, 0.717) is 5.71 Å². The molecule has 7 rings (SSSR count). The standard InChI is InChI=1S/C25H25N2O.C23H34GeN.Ir/c1-16-11-12-20-19-9-6-10-21(23(19)28-24(20)27-16)22-15-18(13-14-26-22)25(2,3)17-7-4-5-8-17;1-22(2,3)15-18-14-21(25-16-20(18)24(7,8)9)17-11-10-12-19(13-17)23(4,5)6;/h6,9,11-15,17H,4-5,7-8H2,1-3H3;10,12-14,16H,15H2,1-9H3;/q2*-1;. The Morgan fingerprint density at radius 1 is 0.778 bits per heavy atom. The maximum absolute atomic E-state index is 6.16. The Kier molecular flexibility index (Phi) is 12.6. The first-order chi connectivity index (χ1) is 24.8. The Hall–Kier alpha value is -3.12. The average molecular weight is 959 g/mol. The predicted octanol–water partition coefficient (Wildman–Crippen LogP) is 12.6. The molecule has 4 heterocycles. The Bertz CT molecular complexity index is 2230. The van der Waals surface area contributed by atoms with Crippen molar-refractivity contribution in [3.63, 3.8) is 0 Å². The Morgan fingerprint density at radius 3 is 2.15 bits per heavy atom. The van der Waals surface area contributed by atoms with Crippen molar-refractivity contribution in [3.05, 3.63) is 108 Å². The zero-order valence-corrected chi connectivity index (χ0v) is 39.1. The van der Waals surface area contributed by atoms with Crippen molar-refractivity contribution in [1.29, 1.82) is 0 Å². The van der Waals surface area contributed by atoms with Crippen LogP contribution in [0.2, 0.25) is 17.3 Å². The van der Waals surface area contributed by atoms with Crippen LogP contribution < -0.4 is 4.40 Å². The summed E-state index contributed by atoms with van der Waals surface area (Å²) in [5, 5.41) is 2.11. The molecule has 0 atom stereocenters. The largest absolute Gasteiger partial charge is 0.486 e. The predicted molar refractivity (Wildman–Crippen MR) is 227 cm³/mol. The van der Waals surface area contributed by atoms with Crippen molar-refractivity contribution in [1.82, 2.24) is 15.0 Å². The molecule has 0 bridgehead atoms. The summed E-state index contributed by atoms with van der Waals surface area (Å²) in [5.74, 6) is 8.10. The van der Waals surface area contributed by atoms with Gasteiger partial charge in [0.15, 0.2) is 0 Å². The van der Waals surface area contributed by atoms with Crippen molar-refractivity contribution in [2.24, 2.45) is 11.3 Å². The second kappa shape index (κ2) is 16.2. The van der Waals surface area contributed by atoms with E-state index in [2.05, 4.69) is 137 Å². The van der Waals surface area contributed by atoms with Gasteiger partial charge in [0, 0.05) is 37.4 Å². The van der Waals surface area contributed by atoms with Crippen LogP contribution in [0.4, 0.5) is 0 Å². The van der Waals surface area contributed by atoms with E-state index in [1.165, 1.54) is 46.8 Å². The molecule has 4 nitrogen and oxygen atoms in total. The zero-order chi connectivity index (χ0) is 38.3. The van der Waals surface area contributed by atoms with E-state index in [9.17, 15) is 0 Å². The summed E-state index contributed by atoms with van der Waals surface area (Å²) in [6, 6.07) is 28.1. The van der Waals surface area contributed by atoms with E-state index >= 15 is 0 Å². The number of benzene rings is 2. The summed E-state index contributed by atoms with van der Waals surface area (Å²) in [5.41, 5.74) is 11.2. The summed E-state index contributed by atoms with van der Waals surface area (Å²) < 4.78 is 7.69. The van der Waals surface area contributed by atoms with Crippen LogP contribution in [0.25, 0.3) is 44.6 Å². The minimum absolute atomic E-state index is 0. The van der Waals surface area contributed by atoms with Crippen LogP contribution in [0.5, 0.6) is 0 Å². The third kappa shape index (κ3) is 9.45. The number of pyridine rings is 3. The molecule has 6 heteroatoms. The van der Waals surface area contributed by atoms with E-state index in [0.717, 1.165) is 56.9 Å². The quantitative estimate of drug-likeness (QED) is 0.123. The molecular weight excluding hydrogens is 899 g/mol. The minimum atomic E-state index is -1.95. The first kappa shape index (κ1) is 42.0. The summed E-state index contributed by atoms with van der Waals surface area (Å²) >= 11 is -1.95. The van der Waals surface area contributed by atoms with E-state index in [1.54, 1.807) is 0 Å². The number of fused-ring (bicyclic) bond motifs is 3. The number of hydrogen-bond acceptors (Lipinski definition) is 4. The Labute approximate surface area is 341 Å². The van der Waals surface area contributed by atoms with Gasteiger partial charge in [-0.2, -0.15) is 0 Å². The van der Waals surface area contributed by atoms with Crippen LogP contribution in [0.15, 0.2) is 77.5 Å². The molecule has 1 aliphatic carbocycles. The molecule has 0 saturated heterocycles. The number of hydrogen-bond donors (Lipinski definition) is 0. The van der Waals surface area contributed by atoms with Gasteiger partial charge in [-0.15, -0.1) is 18.2 Å². The fourth-order valence-corrected chi connectivity index (χ4v) is 11.2.